The van der Waals surface area contributed by atoms with Gasteiger partial charge in [-0.3, -0.25) is 24.4 Å². The van der Waals surface area contributed by atoms with Crippen molar-refractivity contribution >= 4 is 23.2 Å². The van der Waals surface area contributed by atoms with E-state index in [9.17, 15) is 9.59 Å². The van der Waals surface area contributed by atoms with Crippen LogP contribution in [0.2, 0.25) is 0 Å². The van der Waals surface area contributed by atoms with Crippen molar-refractivity contribution in [2.45, 2.75) is 26.8 Å². The number of pyridine rings is 1. The minimum absolute atomic E-state index is 0.0202. The average molecular weight is 515 g/mol. The maximum absolute atomic E-state index is 13.1. The van der Waals surface area contributed by atoms with Gasteiger partial charge in [0.05, 0.1) is 12.2 Å². The first-order chi connectivity index (χ1) is 18.4. The van der Waals surface area contributed by atoms with Crippen LogP contribution in [-0.4, -0.2) is 72.4 Å². The van der Waals surface area contributed by atoms with Gasteiger partial charge in [-0.15, -0.1) is 0 Å². The smallest absolute Gasteiger partial charge is 0.238 e. The number of amides is 2. The van der Waals surface area contributed by atoms with Gasteiger partial charge in [0.25, 0.3) is 0 Å². The molecule has 3 aromatic rings. The Balaban J connectivity index is 1.35. The van der Waals surface area contributed by atoms with Gasteiger partial charge >= 0.3 is 0 Å². The van der Waals surface area contributed by atoms with E-state index in [2.05, 4.69) is 61.1 Å². The van der Waals surface area contributed by atoms with E-state index in [4.69, 9.17) is 0 Å². The van der Waals surface area contributed by atoms with Gasteiger partial charge in [-0.1, -0.05) is 36.4 Å². The minimum Gasteiger partial charge on any atom is -0.383 e. The lowest BCUT2D eigenvalue weighted by Gasteiger charge is -2.21. The summed E-state index contributed by atoms with van der Waals surface area (Å²) in [5.41, 5.74) is 5.86. The largest absolute Gasteiger partial charge is 0.383 e. The Bertz CT molecular complexity index is 1220. The second kappa shape index (κ2) is 13.7. The number of aryl methyl sites for hydroxylation is 1. The van der Waals surface area contributed by atoms with E-state index in [1.165, 1.54) is 6.92 Å². The summed E-state index contributed by atoms with van der Waals surface area (Å²) in [5.74, 6) is -0.0746. The fraction of sp³-hybridized carbons (Fsp3) is 0.367. The molecule has 1 saturated heterocycles. The van der Waals surface area contributed by atoms with Crippen LogP contribution in [-0.2, 0) is 16.1 Å². The lowest BCUT2D eigenvalue weighted by molar-refractivity contribution is -0.119. The summed E-state index contributed by atoms with van der Waals surface area (Å²) >= 11 is 0. The highest BCUT2D eigenvalue weighted by molar-refractivity contribution is 5.93. The average Bonchev–Trinajstić information content (AvgIpc) is 3.11. The number of carbonyl (C=O) groups is 2. The fourth-order valence-electron chi connectivity index (χ4n) is 4.71. The van der Waals surface area contributed by atoms with Crippen LogP contribution in [0.5, 0.6) is 0 Å². The van der Waals surface area contributed by atoms with Gasteiger partial charge in [-0.25, -0.2) is 0 Å². The van der Waals surface area contributed by atoms with Gasteiger partial charge in [-0.2, -0.15) is 0 Å². The van der Waals surface area contributed by atoms with Crippen molar-refractivity contribution in [2.75, 3.05) is 56.4 Å². The van der Waals surface area contributed by atoms with Crippen molar-refractivity contribution < 1.29 is 9.59 Å². The van der Waals surface area contributed by atoms with Crippen molar-refractivity contribution in [3.63, 3.8) is 0 Å². The molecule has 3 N–H and O–H groups in total. The standard InChI is InChI=1S/C30H38N6O2/c1-23-8-6-11-27(33-23)21-35-14-7-15-36(17-16-35)22-30(38)34-29-19-26(25-9-4-3-5-10-25)18-28(20-29)32-13-12-31-24(2)37/h3-6,8-11,18-20,32H,7,12-17,21-22H2,1-2H3,(H,31,37)(H,34,38). The highest BCUT2D eigenvalue weighted by Crippen LogP contribution is 2.27. The number of carbonyl (C=O) groups excluding carboxylic acids is 2. The maximum atomic E-state index is 13.1. The third kappa shape index (κ3) is 8.68. The predicted octanol–water partition coefficient (Wildman–Crippen LogP) is 3.75. The van der Waals surface area contributed by atoms with Crippen molar-refractivity contribution in [1.29, 1.82) is 0 Å². The highest BCUT2D eigenvalue weighted by Gasteiger charge is 2.18. The van der Waals surface area contributed by atoms with E-state index < -0.39 is 0 Å². The molecule has 0 bridgehead atoms. The van der Waals surface area contributed by atoms with Gasteiger partial charge in [-0.05, 0) is 67.9 Å². The number of aromatic nitrogens is 1. The molecule has 2 amide bonds. The SMILES string of the molecule is CC(=O)NCCNc1cc(NC(=O)CN2CCCN(Cc3cccc(C)n3)CC2)cc(-c2ccccc2)c1. The molecule has 8 heteroatoms. The molecule has 0 spiro atoms. The Morgan fingerprint density at radius 2 is 1.61 bits per heavy atom. The molecule has 2 aromatic carbocycles. The Morgan fingerprint density at radius 1 is 0.842 bits per heavy atom. The zero-order valence-corrected chi connectivity index (χ0v) is 22.4. The Hall–Kier alpha value is -3.75. The van der Waals surface area contributed by atoms with Gasteiger partial charge in [0.1, 0.15) is 0 Å². The quantitative estimate of drug-likeness (QED) is 0.357. The lowest BCUT2D eigenvalue weighted by Crippen LogP contribution is -2.36. The first-order valence-corrected chi connectivity index (χ1v) is 13.3. The van der Waals surface area contributed by atoms with Gasteiger partial charge in [0, 0.05) is 56.7 Å². The molecule has 1 aromatic heterocycles. The van der Waals surface area contributed by atoms with Gasteiger partial charge in [0.15, 0.2) is 0 Å². The molecule has 4 rings (SSSR count). The van der Waals surface area contributed by atoms with Crippen molar-refractivity contribution in [2.24, 2.45) is 0 Å². The van der Waals surface area contributed by atoms with Gasteiger partial charge in [0.2, 0.25) is 11.8 Å². The summed E-state index contributed by atoms with van der Waals surface area (Å²) in [6, 6.07) is 22.3. The molecule has 1 aliphatic heterocycles. The number of rotatable bonds is 10. The van der Waals surface area contributed by atoms with E-state index in [0.717, 1.165) is 73.0 Å². The van der Waals surface area contributed by atoms with Crippen LogP contribution in [0.25, 0.3) is 11.1 Å². The monoisotopic (exact) mass is 514 g/mol. The summed E-state index contributed by atoms with van der Waals surface area (Å²) in [4.78, 5) is 33.5. The molecule has 0 aliphatic carbocycles. The number of nitrogens with one attached hydrogen (secondary N) is 3. The van der Waals surface area contributed by atoms with Crippen LogP contribution in [0.4, 0.5) is 11.4 Å². The lowest BCUT2D eigenvalue weighted by atomic mass is 10.0. The molecule has 8 nitrogen and oxygen atoms in total. The minimum atomic E-state index is -0.0544. The van der Waals surface area contributed by atoms with E-state index in [-0.39, 0.29) is 11.8 Å². The van der Waals surface area contributed by atoms with Crippen LogP contribution < -0.4 is 16.0 Å². The Kier molecular flexibility index (Phi) is 9.84. The molecule has 0 saturated carbocycles. The third-order valence-electron chi connectivity index (χ3n) is 6.53. The highest BCUT2D eigenvalue weighted by atomic mass is 16.2. The van der Waals surface area contributed by atoms with Crippen molar-refractivity contribution in [3.05, 3.63) is 78.1 Å². The zero-order valence-electron chi connectivity index (χ0n) is 22.4. The second-order valence-electron chi connectivity index (χ2n) is 9.80. The predicted molar refractivity (Wildman–Crippen MR) is 153 cm³/mol. The van der Waals surface area contributed by atoms with Crippen LogP contribution in [0, 0.1) is 6.92 Å². The van der Waals surface area contributed by atoms with Crippen LogP contribution in [0.15, 0.2) is 66.7 Å². The summed E-state index contributed by atoms with van der Waals surface area (Å²) in [6.07, 6.45) is 1.02. The molecular formula is C30H38N6O2. The molecule has 38 heavy (non-hydrogen) atoms. The third-order valence-corrected chi connectivity index (χ3v) is 6.53. The second-order valence-corrected chi connectivity index (χ2v) is 9.80. The number of nitrogens with zero attached hydrogens (tertiary/aromatic N) is 3. The normalized spacial score (nSPS) is 14.5. The molecule has 0 unspecified atom stereocenters. The van der Waals surface area contributed by atoms with E-state index >= 15 is 0 Å². The van der Waals surface area contributed by atoms with Crippen molar-refractivity contribution in [3.8, 4) is 11.1 Å². The summed E-state index contributed by atoms with van der Waals surface area (Å²) in [5, 5.41) is 9.26. The number of hydrogen-bond donors (Lipinski definition) is 3. The molecule has 1 fully saturated rings. The Labute approximate surface area is 225 Å². The topological polar surface area (TPSA) is 89.6 Å². The first kappa shape index (κ1) is 27.3. The molecule has 0 atom stereocenters. The summed E-state index contributed by atoms with van der Waals surface area (Å²) in [7, 11) is 0. The summed E-state index contributed by atoms with van der Waals surface area (Å²) < 4.78 is 0. The zero-order chi connectivity index (χ0) is 26.7. The first-order valence-electron chi connectivity index (χ1n) is 13.3. The van der Waals surface area contributed by atoms with E-state index in [0.29, 0.717) is 19.6 Å². The van der Waals surface area contributed by atoms with Crippen LogP contribution >= 0.6 is 0 Å². The molecule has 0 radical (unpaired) electrons. The molecule has 2 heterocycles. The molecule has 1 aliphatic rings. The molecular weight excluding hydrogens is 476 g/mol. The van der Waals surface area contributed by atoms with E-state index in [1.54, 1.807) is 0 Å². The Morgan fingerprint density at radius 3 is 2.39 bits per heavy atom. The van der Waals surface area contributed by atoms with Crippen LogP contribution in [0.1, 0.15) is 24.7 Å². The summed E-state index contributed by atoms with van der Waals surface area (Å²) in [6.45, 7) is 9.49. The maximum Gasteiger partial charge on any atom is 0.238 e. The number of hydrogen-bond acceptors (Lipinski definition) is 6. The van der Waals surface area contributed by atoms with Crippen molar-refractivity contribution in [1.82, 2.24) is 20.1 Å². The van der Waals surface area contributed by atoms with E-state index in [1.807, 2.05) is 43.3 Å². The fourth-order valence-corrected chi connectivity index (χ4v) is 4.71. The molecule has 200 valence electrons. The van der Waals surface area contributed by atoms with Crippen LogP contribution in [0.3, 0.4) is 0 Å². The number of anilines is 2. The number of benzene rings is 2. The van der Waals surface area contributed by atoms with Gasteiger partial charge < -0.3 is 16.0 Å².